The molecule has 6 heteroatoms. The van der Waals surface area contributed by atoms with E-state index in [2.05, 4.69) is 10.6 Å². The first kappa shape index (κ1) is 23.2. The van der Waals surface area contributed by atoms with Crippen molar-refractivity contribution in [3.05, 3.63) is 113 Å². The van der Waals surface area contributed by atoms with Crippen LogP contribution >= 0.6 is 11.6 Å². The van der Waals surface area contributed by atoms with E-state index >= 15 is 0 Å². The average Bonchev–Trinajstić information content (AvgIpc) is 2.85. The Morgan fingerprint density at radius 3 is 2.29 bits per heavy atom. The van der Waals surface area contributed by atoms with Gasteiger partial charge in [0.25, 0.3) is 5.91 Å². The number of rotatable bonds is 9. The highest BCUT2D eigenvalue weighted by molar-refractivity contribution is 6.32. The number of carbonyl (C=O) groups excluding carboxylic acids is 1. The lowest BCUT2D eigenvalue weighted by molar-refractivity contribution is -0.118. The Hall–Kier alpha value is -3.96. The number of para-hydroxylation sites is 2. The minimum atomic E-state index is -0.240. The van der Waals surface area contributed by atoms with Crippen LogP contribution in [0, 0.1) is 6.92 Å². The number of anilines is 2. The second kappa shape index (κ2) is 11.3. The number of carbonyl (C=O) groups is 1. The fraction of sp³-hybridized carbons (Fsp3) is 0.107. The summed E-state index contributed by atoms with van der Waals surface area (Å²) in [6.07, 6.45) is 0. The summed E-state index contributed by atoms with van der Waals surface area (Å²) in [6.45, 7) is 2.41. The maximum Gasteiger partial charge on any atom is 0.262 e. The van der Waals surface area contributed by atoms with Crippen molar-refractivity contribution in [3.8, 4) is 17.2 Å². The van der Waals surface area contributed by atoms with Gasteiger partial charge in [-0.25, -0.2) is 0 Å². The average molecular weight is 473 g/mol. The molecular weight excluding hydrogens is 448 g/mol. The predicted molar refractivity (Wildman–Crippen MR) is 137 cm³/mol. The molecule has 172 valence electrons. The molecule has 0 saturated carbocycles. The summed E-state index contributed by atoms with van der Waals surface area (Å²) in [5.74, 6) is 1.80. The van der Waals surface area contributed by atoms with Gasteiger partial charge in [-0.05, 0) is 72.6 Å². The molecule has 0 aliphatic carbocycles. The topological polar surface area (TPSA) is 59.6 Å². The molecule has 0 bridgehead atoms. The number of halogens is 1. The van der Waals surface area contributed by atoms with Crippen molar-refractivity contribution >= 4 is 28.9 Å². The molecule has 4 rings (SSSR count). The van der Waals surface area contributed by atoms with E-state index in [-0.39, 0.29) is 12.5 Å². The van der Waals surface area contributed by atoms with Gasteiger partial charge in [0.15, 0.2) is 6.61 Å². The Labute approximate surface area is 204 Å². The zero-order valence-corrected chi connectivity index (χ0v) is 19.5. The highest BCUT2D eigenvalue weighted by Gasteiger charge is 2.09. The van der Waals surface area contributed by atoms with Crippen molar-refractivity contribution in [1.82, 2.24) is 0 Å². The summed E-state index contributed by atoms with van der Waals surface area (Å²) in [4.78, 5) is 12.2. The zero-order valence-electron chi connectivity index (χ0n) is 18.8. The van der Waals surface area contributed by atoms with Gasteiger partial charge in [-0.2, -0.15) is 0 Å². The molecule has 2 N–H and O–H groups in total. The molecule has 4 aromatic carbocycles. The summed E-state index contributed by atoms with van der Waals surface area (Å²) < 4.78 is 11.4. The maximum atomic E-state index is 12.2. The third-order valence-electron chi connectivity index (χ3n) is 5.10. The molecule has 34 heavy (non-hydrogen) atoms. The van der Waals surface area contributed by atoms with Gasteiger partial charge in [-0.15, -0.1) is 0 Å². The Morgan fingerprint density at radius 2 is 1.56 bits per heavy atom. The van der Waals surface area contributed by atoms with Crippen LogP contribution < -0.4 is 20.1 Å². The van der Waals surface area contributed by atoms with E-state index < -0.39 is 0 Å². The molecule has 0 spiro atoms. The van der Waals surface area contributed by atoms with Crippen molar-refractivity contribution < 1.29 is 14.3 Å². The van der Waals surface area contributed by atoms with Crippen molar-refractivity contribution in [2.75, 3.05) is 17.2 Å². The minimum absolute atomic E-state index is 0.122. The molecule has 0 aliphatic rings. The Morgan fingerprint density at radius 1 is 0.853 bits per heavy atom. The lowest BCUT2D eigenvalue weighted by Crippen LogP contribution is -2.20. The van der Waals surface area contributed by atoms with Gasteiger partial charge in [0.2, 0.25) is 0 Å². The van der Waals surface area contributed by atoms with E-state index in [1.54, 1.807) is 6.07 Å². The van der Waals surface area contributed by atoms with Gasteiger partial charge in [0, 0.05) is 17.9 Å². The van der Waals surface area contributed by atoms with Gasteiger partial charge < -0.3 is 20.1 Å². The summed E-state index contributed by atoms with van der Waals surface area (Å²) in [5.41, 5.74) is 3.71. The third kappa shape index (κ3) is 6.53. The van der Waals surface area contributed by atoms with E-state index in [0.29, 0.717) is 17.3 Å². The lowest BCUT2D eigenvalue weighted by Gasteiger charge is -2.12. The fourth-order valence-electron chi connectivity index (χ4n) is 3.28. The molecule has 0 fully saturated rings. The van der Waals surface area contributed by atoms with E-state index in [4.69, 9.17) is 21.1 Å². The summed E-state index contributed by atoms with van der Waals surface area (Å²) >= 11 is 6.38. The molecule has 0 atom stereocenters. The summed E-state index contributed by atoms with van der Waals surface area (Å²) in [7, 11) is 0. The molecule has 0 radical (unpaired) electrons. The number of ether oxygens (including phenoxy) is 2. The third-order valence-corrected chi connectivity index (χ3v) is 5.40. The maximum absolute atomic E-state index is 12.2. The Balaban J connectivity index is 1.26. The van der Waals surface area contributed by atoms with Gasteiger partial charge in [-0.1, -0.05) is 54.1 Å². The minimum Gasteiger partial charge on any atom is -0.482 e. The quantitative estimate of drug-likeness (QED) is 0.273. The first-order valence-corrected chi connectivity index (χ1v) is 11.3. The van der Waals surface area contributed by atoms with Crippen molar-refractivity contribution in [2.45, 2.75) is 13.5 Å². The predicted octanol–water partition coefficient (Wildman–Crippen LogP) is 7.07. The van der Waals surface area contributed by atoms with E-state index in [1.165, 1.54) is 0 Å². The number of hydrogen-bond acceptors (Lipinski definition) is 4. The van der Waals surface area contributed by atoms with Crippen LogP contribution in [0.2, 0.25) is 5.02 Å². The number of nitrogens with one attached hydrogen (secondary N) is 2. The van der Waals surface area contributed by atoms with E-state index in [0.717, 1.165) is 34.0 Å². The first-order valence-electron chi connectivity index (χ1n) is 10.9. The molecule has 0 saturated heterocycles. The second-order valence-corrected chi connectivity index (χ2v) is 8.12. The SMILES string of the molecule is Cc1ccccc1NC(=O)COc1ccc(CNc2ccc(Oc3ccccc3)cc2)cc1Cl. The van der Waals surface area contributed by atoms with E-state index in [9.17, 15) is 4.79 Å². The first-order chi connectivity index (χ1) is 16.6. The largest absolute Gasteiger partial charge is 0.482 e. The van der Waals surface area contributed by atoms with Crippen molar-refractivity contribution in [2.24, 2.45) is 0 Å². The molecule has 0 unspecified atom stereocenters. The lowest BCUT2D eigenvalue weighted by atomic mass is 10.2. The van der Waals surface area contributed by atoms with Crippen LogP contribution in [0.15, 0.2) is 97.1 Å². The van der Waals surface area contributed by atoms with Gasteiger partial charge in [0.05, 0.1) is 5.02 Å². The summed E-state index contributed by atoms with van der Waals surface area (Å²) in [6, 6.07) is 30.5. The monoisotopic (exact) mass is 472 g/mol. The van der Waals surface area contributed by atoms with Crippen molar-refractivity contribution in [1.29, 1.82) is 0 Å². The standard InChI is InChI=1S/C28H25ClN2O3/c1-20-7-5-6-10-26(20)31-28(32)19-33-27-16-11-21(17-25(27)29)18-30-22-12-14-24(15-13-22)34-23-8-3-2-4-9-23/h2-17,30H,18-19H2,1H3,(H,31,32). The highest BCUT2D eigenvalue weighted by atomic mass is 35.5. The van der Waals surface area contributed by atoms with Crippen LogP contribution in [0.1, 0.15) is 11.1 Å². The fourth-order valence-corrected chi connectivity index (χ4v) is 3.54. The zero-order chi connectivity index (χ0) is 23.8. The number of aryl methyl sites for hydroxylation is 1. The summed E-state index contributed by atoms with van der Waals surface area (Å²) in [5, 5.41) is 6.66. The normalized spacial score (nSPS) is 10.4. The molecule has 5 nitrogen and oxygen atoms in total. The van der Waals surface area contributed by atoms with Crippen LogP contribution in [0.4, 0.5) is 11.4 Å². The van der Waals surface area contributed by atoms with Crippen LogP contribution in [0.5, 0.6) is 17.2 Å². The van der Waals surface area contributed by atoms with Crippen LogP contribution in [-0.2, 0) is 11.3 Å². The van der Waals surface area contributed by atoms with Gasteiger partial charge >= 0.3 is 0 Å². The van der Waals surface area contributed by atoms with Gasteiger partial charge in [0.1, 0.15) is 17.2 Å². The van der Waals surface area contributed by atoms with E-state index in [1.807, 2.05) is 97.9 Å². The van der Waals surface area contributed by atoms with Crippen LogP contribution in [0.25, 0.3) is 0 Å². The number of amides is 1. The Kier molecular flexibility index (Phi) is 7.68. The Bertz CT molecular complexity index is 1240. The number of benzene rings is 4. The molecule has 0 heterocycles. The smallest absolute Gasteiger partial charge is 0.262 e. The molecular formula is C28H25ClN2O3. The van der Waals surface area contributed by atoms with Crippen LogP contribution in [0.3, 0.4) is 0 Å². The molecule has 0 aliphatic heterocycles. The van der Waals surface area contributed by atoms with Gasteiger partial charge in [-0.3, -0.25) is 4.79 Å². The second-order valence-electron chi connectivity index (χ2n) is 7.71. The number of hydrogen-bond donors (Lipinski definition) is 2. The molecule has 0 aromatic heterocycles. The van der Waals surface area contributed by atoms with Crippen LogP contribution in [-0.4, -0.2) is 12.5 Å². The van der Waals surface area contributed by atoms with Crippen molar-refractivity contribution in [3.63, 3.8) is 0 Å². The highest BCUT2D eigenvalue weighted by Crippen LogP contribution is 2.27. The molecule has 1 amide bonds. The molecule has 4 aromatic rings.